The zero-order chi connectivity index (χ0) is 11.7. The predicted molar refractivity (Wildman–Crippen MR) is 59.3 cm³/mol. The molecule has 1 aliphatic heterocycles. The van der Waals surface area contributed by atoms with E-state index < -0.39 is 0 Å². The van der Waals surface area contributed by atoms with E-state index in [1.807, 2.05) is 18.2 Å². The minimum atomic E-state index is 0.533. The standard InChI is InChI=1S/C11H11N5O/c17-8-15-6-4-10-9(7-15)13-14-16(10)11-3-1-2-5-12-11/h1-3,5,8H,4,6-7H2. The van der Waals surface area contributed by atoms with Gasteiger partial charge in [0.05, 0.1) is 12.2 Å². The van der Waals surface area contributed by atoms with Crippen LogP contribution < -0.4 is 0 Å². The lowest BCUT2D eigenvalue weighted by Gasteiger charge is -2.21. The third-order valence-electron chi connectivity index (χ3n) is 2.85. The van der Waals surface area contributed by atoms with Gasteiger partial charge in [-0.15, -0.1) is 5.10 Å². The van der Waals surface area contributed by atoms with Crippen LogP contribution in [0.1, 0.15) is 11.4 Å². The van der Waals surface area contributed by atoms with Crippen LogP contribution in [0.25, 0.3) is 5.82 Å². The highest BCUT2D eigenvalue weighted by atomic mass is 16.1. The first-order valence-corrected chi connectivity index (χ1v) is 5.42. The van der Waals surface area contributed by atoms with Crippen molar-refractivity contribution in [2.45, 2.75) is 13.0 Å². The van der Waals surface area contributed by atoms with Crippen LogP contribution >= 0.6 is 0 Å². The van der Waals surface area contributed by atoms with Gasteiger partial charge in [0.15, 0.2) is 5.82 Å². The first-order chi connectivity index (χ1) is 8.38. The Bertz CT molecular complexity index is 536. The average Bonchev–Trinajstić information content (AvgIpc) is 2.82. The number of fused-ring (bicyclic) bond motifs is 1. The van der Waals surface area contributed by atoms with E-state index in [4.69, 9.17) is 0 Å². The number of amides is 1. The summed E-state index contributed by atoms with van der Waals surface area (Å²) in [5.74, 6) is 0.765. The smallest absolute Gasteiger partial charge is 0.210 e. The number of nitrogens with zero attached hydrogens (tertiary/aromatic N) is 5. The predicted octanol–water partition coefficient (Wildman–Crippen LogP) is 0.177. The van der Waals surface area contributed by atoms with Gasteiger partial charge in [-0.1, -0.05) is 11.3 Å². The number of pyridine rings is 1. The highest BCUT2D eigenvalue weighted by Gasteiger charge is 2.21. The zero-order valence-corrected chi connectivity index (χ0v) is 9.15. The molecule has 86 valence electrons. The monoisotopic (exact) mass is 229 g/mol. The third-order valence-corrected chi connectivity index (χ3v) is 2.85. The van der Waals surface area contributed by atoms with Crippen molar-refractivity contribution in [3.8, 4) is 5.82 Å². The molecular weight excluding hydrogens is 218 g/mol. The van der Waals surface area contributed by atoms with E-state index in [0.29, 0.717) is 13.1 Å². The molecule has 6 nitrogen and oxygen atoms in total. The lowest BCUT2D eigenvalue weighted by molar-refractivity contribution is -0.119. The van der Waals surface area contributed by atoms with Crippen LogP contribution in [0.4, 0.5) is 0 Å². The van der Waals surface area contributed by atoms with Gasteiger partial charge in [0.1, 0.15) is 5.69 Å². The normalized spacial score (nSPS) is 14.5. The minimum Gasteiger partial charge on any atom is -0.339 e. The quantitative estimate of drug-likeness (QED) is 0.689. The van der Waals surface area contributed by atoms with E-state index >= 15 is 0 Å². The summed E-state index contributed by atoms with van der Waals surface area (Å²) >= 11 is 0. The summed E-state index contributed by atoms with van der Waals surface area (Å²) < 4.78 is 1.75. The fourth-order valence-electron chi connectivity index (χ4n) is 1.98. The summed E-state index contributed by atoms with van der Waals surface area (Å²) in [5.41, 5.74) is 1.90. The molecule has 0 aromatic carbocycles. The maximum Gasteiger partial charge on any atom is 0.210 e. The topological polar surface area (TPSA) is 63.9 Å². The minimum absolute atomic E-state index is 0.533. The van der Waals surface area contributed by atoms with E-state index in [1.165, 1.54) is 0 Å². The maximum absolute atomic E-state index is 10.7. The number of hydrogen-bond donors (Lipinski definition) is 0. The fourth-order valence-corrected chi connectivity index (χ4v) is 1.98. The van der Waals surface area contributed by atoms with Crippen molar-refractivity contribution in [1.29, 1.82) is 0 Å². The molecule has 0 fully saturated rings. The SMILES string of the molecule is O=CN1CCc2c(nnn2-c2ccccn2)C1. The molecule has 17 heavy (non-hydrogen) atoms. The summed E-state index contributed by atoms with van der Waals surface area (Å²) in [6.07, 6.45) is 3.34. The maximum atomic E-state index is 10.7. The van der Waals surface area contributed by atoms with Gasteiger partial charge in [-0.3, -0.25) is 4.79 Å². The molecule has 0 radical (unpaired) electrons. The molecular formula is C11H11N5O. The molecule has 0 N–H and O–H groups in total. The molecule has 0 unspecified atom stereocenters. The van der Waals surface area contributed by atoms with Crippen LogP contribution in [0.15, 0.2) is 24.4 Å². The molecule has 2 aromatic heterocycles. The van der Waals surface area contributed by atoms with Crippen molar-refractivity contribution >= 4 is 6.41 Å². The average molecular weight is 229 g/mol. The summed E-state index contributed by atoms with van der Waals surface area (Å²) in [7, 11) is 0. The Balaban J connectivity index is 2.00. The van der Waals surface area contributed by atoms with Crippen LogP contribution in [0.5, 0.6) is 0 Å². The van der Waals surface area contributed by atoms with Crippen molar-refractivity contribution in [3.05, 3.63) is 35.8 Å². The van der Waals surface area contributed by atoms with Crippen molar-refractivity contribution < 1.29 is 4.79 Å². The van der Waals surface area contributed by atoms with Crippen LogP contribution in [-0.4, -0.2) is 37.8 Å². The van der Waals surface area contributed by atoms with Crippen molar-refractivity contribution in [2.75, 3.05) is 6.54 Å². The van der Waals surface area contributed by atoms with Gasteiger partial charge in [0.25, 0.3) is 0 Å². The highest BCUT2D eigenvalue weighted by Crippen LogP contribution is 2.17. The molecule has 0 aliphatic carbocycles. The molecule has 0 saturated carbocycles. The van der Waals surface area contributed by atoms with Gasteiger partial charge < -0.3 is 4.90 Å². The molecule has 1 amide bonds. The molecule has 0 saturated heterocycles. The highest BCUT2D eigenvalue weighted by molar-refractivity contribution is 5.48. The van der Waals surface area contributed by atoms with Gasteiger partial charge in [-0.05, 0) is 12.1 Å². The Hall–Kier alpha value is -2.24. The van der Waals surface area contributed by atoms with E-state index in [9.17, 15) is 4.79 Å². The van der Waals surface area contributed by atoms with Crippen molar-refractivity contribution in [3.63, 3.8) is 0 Å². The second kappa shape index (κ2) is 3.97. The van der Waals surface area contributed by atoms with Crippen LogP contribution in [-0.2, 0) is 17.8 Å². The largest absolute Gasteiger partial charge is 0.339 e. The first-order valence-electron chi connectivity index (χ1n) is 5.42. The number of aromatic nitrogens is 4. The Morgan fingerprint density at radius 3 is 3.06 bits per heavy atom. The molecule has 0 bridgehead atoms. The summed E-state index contributed by atoms with van der Waals surface area (Å²) in [6.45, 7) is 1.24. The lowest BCUT2D eigenvalue weighted by atomic mass is 10.1. The Labute approximate surface area is 97.9 Å². The number of hydrogen-bond acceptors (Lipinski definition) is 4. The second-order valence-electron chi connectivity index (χ2n) is 3.91. The van der Waals surface area contributed by atoms with Gasteiger partial charge in [0, 0.05) is 19.2 Å². The molecule has 3 heterocycles. The number of carbonyl (C=O) groups is 1. The third kappa shape index (κ3) is 1.67. The summed E-state index contributed by atoms with van der Waals surface area (Å²) in [4.78, 5) is 16.6. The molecule has 1 aliphatic rings. The Morgan fingerprint density at radius 2 is 2.29 bits per heavy atom. The van der Waals surface area contributed by atoms with E-state index in [2.05, 4.69) is 15.3 Å². The second-order valence-corrected chi connectivity index (χ2v) is 3.91. The first kappa shape index (κ1) is 9.95. The Kier molecular flexibility index (Phi) is 2.32. The van der Waals surface area contributed by atoms with Gasteiger partial charge in [0.2, 0.25) is 6.41 Å². The summed E-state index contributed by atoms with van der Waals surface area (Å²) in [5, 5.41) is 8.20. The van der Waals surface area contributed by atoms with Crippen LogP contribution in [0.3, 0.4) is 0 Å². The van der Waals surface area contributed by atoms with Crippen LogP contribution in [0, 0.1) is 0 Å². The molecule has 3 rings (SSSR count). The van der Waals surface area contributed by atoms with Gasteiger partial charge >= 0.3 is 0 Å². The van der Waals surface area contributed by atoms with Crippen LogP contribution in [0.2, 0.25) is 0 Å². The van der Waals surface area contributed by atoms with Gasteiger partial charge in [-0.2, -0.15) is 4.68 Å². The number of rotatable bonds is 2. The van der Waals surface area contributed by atoms with Crippen molar-refractivity contribution in [1.82, 2.24) is 24.9 Å². The Morgan fingerprint density at radius 1 is 1.35 bits per heavy atom. The molecule has 0 atom stereocenters. The van der Waals surface area contributed by atoms with E-state index in [0.717, 1.165) is 30.0 Å². The number of carbonyl (C=O) groups excluding carboxylic acids is 1. The lowest BCUT2D eigenvalue weighted by Crippen LogP contribution is -2.30. The van der Waals surface area contributed by atoms with Gasteiger partial charge in [-0.25, -0.2) is 4.98 Å². The molecule has 0 spiro atoms. The summed E-state index contributed by atoms with van der Waals surface area (Å²) in [6, 6.07) is 5.67. The fraction of sp³-hybridized carbons (Fsp3) is 0.273. The molecule has 2 aromatic rings. The van der Waals surface area contributed by atoms with E-state index in [-0.39, 0.29) is 0 Å². The molecule has 6 heteroatoms. The van der Waals surface area contributed by atoms with Crippen molar-refractivity contribution in [2.24, 2.45) is 0 Å². The zero-order valence-electron chi connectivity index (χ0n) is 9.15. The van der Waals surface area contributed by atoms with E-state index in [1.54, 1.807) is 15.8 Å².